The maximum atomic E-state index is 12.9. The fourth-order valence-electron chi connectivity index (χ4n) is 8.36. The average Bonchev–Trinajstić information content (AvgIpc) is 3.44. The summed E-state index contributed by atoms with van der Waals surface area (Å²) in [6.45, 7) is 6.33. The van der Waals surface area contributed by atoms with Gasteiger partial charge in [0, 0.05) is 19.3 Å². The smallest absolute Gasteiger partial charge is 0.306 e. The quantitative estimate of drug-likeness (QED) is 0.0261. The molecule has 0 N–H and O–H groups in total. The molecule has 0 radical (unpaired) electrons. The van der Waals surface area contributed by atoms with Gasteiger partial charge in [-0.2, -0.15) is 0 Å². The largest absolute Gasteiger partial charge is 0.462 e. The summed E-state index contributed by atoms with van der Waals surface area (Å²) in [4.78, 5) is 38.2. The third-order valence-corrected chi connectivity index (χ3v) is 13.0. The molecule has 0 aliphatic carbocycles. The number of carbonyl (C=O) groups is 3. The van der Waals surface area contributed by atoms with E-state index in [4.69, 9.17) is 14.2 Å². The molecule has 0 spiro atoms. The van der Waals surface area contributed by atoms with E-state index >= 15 is 0 Å². The molecule has 1 atom stereocenters. The predicted octanol–water partition coefficient (Wildman–Crippen LogP) is 21.9. The summed E-state index contributed by atoms with van der Waals surface area (Å²) in [5, 5.41) is 0. The molecule has 6 nitrogen and oxygen atoms in total. The van der Waals surface area contributed by atoms with Crippen LogP contribution in [0, 0.1) is 0 Å². The first-order valence-corrected chi connectivity index (χ1v) is 31.8. The number of unbranched alkanes of at least 4 members (excludes halogenated alkanes) is 21. The van der Waals surface area contributed by atoms with Crippen molar-refractivity contribution in [1.29, 1.82) is 0 Å². The Balaban J connectivity index is 4.33. The van der Waals surface area contributed by atoms with Crippen LogP contribution in [0.2, 0.25) is 0 Å². The second-order valence-corrected chi connectivity index (χ2v) is 20.5. The number of esters is 3. The van der Waals surface area contributed by atoms with Crippen LogP contribution in [0.5, 0.6) is 0 Å². The highest BCUT2D eigenvalue weighted by Crippen LogP contribution is 2.15. The Bertz CT molecular complexity index is 1710. The molecule has 0 aliphatic rings. The van der Waals surface area contributed by atoms with Crippen molar-refractivity contribution in [3.63, 3.8) is 0 Å². The minimum Gasteiger partial charge on any atom is -0.462 e. The Hall–Kier alpha value is -4.71. The van der Waals surface area contributed by atoms with Crippen molar-refractivity contribution in [2.24, 2.45) is 0 Å². The van der Waals surface area contributed by atoms with Gasteiger partial charge in [0.1, 0.15) is 13.2 Å². The van der Waals surface area contributed by atoms with Gasteiger partial charge >= 0.3 is 17.9 Å². The molecule has 0 aromatic carbocycles. The highest BCUT2D eigenvalue weighted by Gasteiger charge is 2.19. The Morgan fingerprint density at radius 1 is 0.269 bits per heavy atom. The third-order valence-electron chi connectivity index (χ3n) is 13.0. The first-order valence-electron chi connectivity index (χ1n) is 31.8. The SMILES string of the molecule is CC/C=C\C/C=C\C/C=C\C/C=C\C/C=C\C/C=C\CCCCCCCCCCC(=O)OCC(COC(=O)CCCCCCC/C=C\CCC)OC(=O)CCCCCCCCC/C=C\C/C=C\C/C=C\C/C=C\C/C=C\CC. The lowest BCUT2D eigenvalue weighted by molar-refractivity contribution is -0.167. The molecule has 440 valence electrons. The molecular formula is C72H116O6. The molecule has 0 saturated carbocycles. The van der Waals surface area contributed by atoms with Crippen LogP contribution in [0.25, 0.3) is 0 Å². The van der Waals surface area contributed by atoms with Crippen LogP contribution in [0.3, 0.4) is 0 Å². The maximum Gasteiger partial charge on any atom is 0.306 e. The van der Waals surface area contributed by atoms with E-state index in [0.29, 0.717) is 19.3 Å². The van der Waals surface area contributed by atoms with E-state index in [0.717, 1.165) is 167 Å². The van der Waals surface area contributed by atoms with Crippen LogP contribution in [0.1, 0.15) is 271 Å². The Morgan fingerprint density at radius 3 is 0.795 bits per heavy atom. The second kappa shape index (κ2) is 64.8. The van der Waals surface area contributed by atoms with Gasteiger partial charge < -0.3 is 14.2 Å². The van der Waals surface area contributed by atoms with Crippen molar-refractivity contribution in [2.75, 3.05) is 13.2 Å². The molecule has 6 heteroatoms. The fraction of sp³-hybridized carbons (Fsp3) is 0.625. The molecule has 78 heavy (non-hydrogen) atoms. The van der Waals surface area contributed by atoms with Crippen LogP contribution in [0.15, 0.2) is 146 Å². The van der Waals surface area contributed by atoms with E-state index in [-0.39, 0.29) is 31.1 Å². The van der Waals surface area contributed by atoms with Crippen molar-refractivity contribution in [3.8, 4) is 0 Å². The molecule has 0 bridgehead atoms. The summed E-state index contributed by atoms with van der Waals surface area (Å²) < 4.78 is 16.9. The van der Waals surface area contributed by atoms with E-state index < -0.39 is 6.10 Å². The van der Waals surface area contributed by atoms with Crippen LogP contribution >= 0.6 is 0 Å². The van der Waals surface area contributed by atoms with E-state index in [9.17, 15) is 14.4 Å². The van der Waals surface area contributed by atoms with Crippen molar-refractivity contribution < 1.29 is 28.6 Å². The van der Waals surface area contributed by atoms with Gasteiger partial charge in [-0.1, -0.05) is 263 Å². The third kappa shape index (κ3) is 62.1. The first-order chi connectivity index (χ1) is 38.5. The molecule has 0 aromatic rings. The van der Waals surface area contributed by atoms with Gasteiger partial charge in [-0.05, 0) is 135 Å². The van der Waals surface area contributed by atoms with Gasteiger partial charge in [0.15, 0.2) is 6.10 Å². The van der Waals surface area contributed by atoms with Crippen molar-refractivity contribution in [1.82, 2.24) is 0 Å². The van der Waals surface area contributed by atoms with Crippen LogP contribution in [-0.4, -0.2) is 37.2 Å². The van der Waals surface area contributed by atoms with Crippen molar-refractivity contribution in [3.05, 3.63) is 146 Å². The maximum absolute atomic E-state index is 12.9. The first kappa shape index (κ1) is 73.3. The Labute approximate surface area is 480 Å². The zero-order chi connectivity index (χ0) is 56.4. The average molecular weight is 1080 g/mol. The number of allylic oxidation sites excluding steroid dienone is 24. The van der Waals surface area contributed by atoms with Gasteiger partial charge in [-0.3, -0.25) is 14.4 Å². The summed E-state index contributed by atoms with van der Waals surface area (Å²) in [5.74, 6) is -0.925. The van der Waals surface area contributed by atoms with Gasteiger partial charge in [0.25, 0.3) is 0 Å². The summed E-state index contributed by atoms with van der Waals surface area (Å²) in [7, 11) is 0. The number of carbonyl (C=O) groups excluding carboxylic acids is 3. The van der Waals surface area contributed by atoms with Gasteiger partial charge in [0.05, 0.1) is 0 Å². The van der Waals surface area contributed by atoms with E-state index in [1.165, 1.54) is 64.2 Å². The van der Waals surface area contributed by atoms with E-state index in [2.05, 4.69) is 167 Å². The zero-order valence-corrected chi connectivity index (χ0v) is 50.4. The molecule has 0 rings (SSSR count). The van der Waals surface area contributed by atoms with Crippen LogP contribution in [-0.2, 0) is 28.6 Å². The predicted molar refractivity (Wildman–Crippen MR) is 339 cm³/mol. The molecule has 0 saturated heterocycles. The summed E-state index contributed by atoms with van der Waals surface area (Å²) in [6, 6.07) is 0. The van der Waals surface area contributed by atoms with Crippen molar-refractivity contribution in [2.45, 2.75) is 277 Å². The lowest BCUT2D eigenvalue weighted by Gasteiger charge is -2.18. The minimum atomic E-state index is -0.798. The molecule has 0 aromatic heterocycles. The normalized spacial score (nSPS) is 13.1. The summed E-state index contributed by atoms with van der Waals surface area (Å²) in [5.41, 5.74) is 0. The lowest BCUT2D eigenvalue weighted by Crippen LogP contribution is -2.30. The van der Waals surface area contributed by atoms with Crippen LogP contribution in [0.4, 0.5) is 0 Å². The highest BCUT2D eigenvalue weighted by atomic mass is 16.6. The Kier molecular flexibility index (Phi) is 60.9. The molecule has 0 aliphatic heterocycles. The molecule has 0 fully saturated rings. The highest BCUT2D eigenvalue weighted by molar-refractivity contribution is 5.71. The molecule has 1 unspecified atom stereocenters. The molecular weight excluding hydrogens is 961 g/mol. The monoisotopic (exact) mass is 1080 g/mol. The molecule has 0 heterocycles. The number of hydrogen-bond donors (Lipinski definition) is 0. The Morgan fingerprint density at radius 2 is 0.500 bits per heavy atom. The second-order valence-electron chi connectivity index (χ2n) is 20.5. The van der Waals surface area contributed by atoms with Crippen LogP contribution < -0.4 is 0 Å². The number of hydrogen-bond acceptors (Lipinski definition) is 6. The topological polar surface area (TPSA) is 78.9 Å². The molecule has 0 amide bonds. The standard InChI is InChI=1S/C72H116O6/c1-4-7-10-13-16-19-22-24-26-28-30-32-34-35-36-37-39-40-42-44-46-48-50-53-56-59-62-65-71(74)77-68-69(67-76-70(73)64-61-58-55-52-21-18-15-12-9-6-3)78-72(75)66-63-60-57-54-51-49-47-45-43-41-38-33-31-29-27-25-23-20-17-14-11-8-5-2/h7-8,10-12,15-17,19-20,24-27,30-33,35-36,39-41,43,69H,4-6,9,13-14,18,21-23,28-29,34,37-38,42,44-68H2,1-3H3/b10-7-,11-8-,15-12-,19-16-,20-17-,26-24-,27-25-,32-30-,33-31-,36-35-,40-39-,43-41-. The van der Waals surface area contributed by atoms with E-state index in [1.807, 2.05) is 0 Å². The van der Waals surface area contributed by atoms with Gasteiger partial charge in [0.2, 0.25) is 0 Å². The van der Waals surface area contributed by atoms with Gasteiger partial charge in [-0.15, -0.1) is 0 Å². The minimum absolute atomic E-state index is 0.0943. The van der Waals surface area contributed by atoms with E-state index in [1.54, 1.807) is 0 Å². The fourth-order valence-corrected chi connectivity index (χ4v) is 8.36. The summed E-state index contributed by atoms with van der Waals surface area (Å²) in [6.07, 6.45) is 92.8. The number of ether oxygens (including phenoxy) is 3. The lowest BCUT2D eigenvalue weighted by atomic mass is 10.1. The summed E-state index contributed by atoms with van der Waals surface area (Å²) >= 11 is 0. The van der Waals surface area contributed by atoms with Crippen molar-refractivity contribution >= 4 is 17.9 Å². The zero-order valence-electron chi connectivity index (χ0n) is 50.4. The number of rotatable bonds is 56. The van der Waals surface area contributed by atoms with Gasteiger partial charge in [-0.25, -0.2) is 0 Å².